The topological polar surface area (TPSA) is 99.1 Å². The Hall–Kier alpha value is -2.38. The first-order valence-electron chi connectivity index (χ1n) is 6.83. The summed E-state index contributed by atoms with van der Waals surface area (Å²) in [5, 5.41) is 20.8. The number of carbonyl (C=O) groups is 2. The molecule has 0 atom stereocenters. The first-order chi connectivity index (χ1) is 10.6. The highest BCUT2D eigenvalue weighted by Gasteiger charge is 2.30. The molecule has 0 saturated carbocycles. The van der Waals surface area contributed by atoms with Crippen LogP contribution in [-0.4, -0.2) is 53.8 Å². The number of hydrogen-bond donors (Lipinski definition) is 3. The monoisotopic (exact) mass is 306 g/mol. The second-order valence-corrected chi connectivity index (χ2v) is 4.75. The second kappa shape index (κ2) is 7.06. The molecule has 0 aliphatic carbocycles. The van der Waals surface area contributed by atoms with Crippen LogP contribution in [0, 0.1) is 0 Å². The fraction of sp³-hybridized carbons (Fsp3) is 0.333. The Kier molecular flexibility index (Phi) is 5.13. The number of imide groups is 1. The fourth-order valence-electron chi connectivity index (χ4n) is 2.19. The number of aliphatic hydroxyl groups is 2. The van der Waals surface area contributed by atoms with E-state index in [0.29, 0.717) is 17.9 Å². The fourth-order valence-corrected chi connectivity index (χ4v) is 2.19. The molecule has 0 spiro atoms. The molecular formula is C15H18N2O5. The van der Waals surface area contributed by atoms with Crippen molar-refractivity contribution in [3.05, 3.63) is 35.5 Å². The molecule has 0 unspecified atom stereocenters. The lowest BCUT2D eigenvalue weighted by molar-refractivity contribution is -0.137. The summed E-state index contributed by atoms with van der Waals surface area (Å²) < 4.78 is 5.18. The smallest absolute Gasteiger partial charge is 0.277 e. The van der Waals surface area contributed by atoms with Gasteiger partial charge in [-0.3, -0.25) is 14.5 Å². The van der Waals surface area contributed by atoms with Gasteiger partial charge in [0.2, 0.25) is 0 Å². The molecule has 1 aliphatic rings. The Morgan fingerprint density at radius 2 is 1.95 bits per heavy atom. The molecule has 2 rings (SSSR count). The number of methoxy groups -OCH3 is 1. The minimum Gasteiger partial charge on any atom is -0.497 e. The lowest BCUT2D eigenvalue weighted by Crippen LogP contribution is -2.34. The summed E-state index contributed by atoms with van der Waals surface area (Å²) in [5.41, 5.74) is 1.57. The van der Waals surface area contributed by atoms with Crippen LogP contribution in [0.1, 0.15) is 5.56 Å². The van der Waals surface area contributed by atoms with Gasteiger partial charge in [-0.2, -0.15) is 0 Å². The molecular weight excluding hydrogens is 288 g/mol. The number of β-amino-alcohol motifs (C(OH)–C–C–N with tert-alkyl or cyclic N) is 1. The van der Waals surface area contributed by atoms with E-state index >= 15 is 0 Å². The minimum absolute atomic E-state index is 0.00298. The van der Waals surface area contributed by atoms with Crippen LogP contribution < -0.4 is 10.1 Å². The summed E-state index contributed by atoms with van der Waals surface area (Å²) in [4.78, 5) is 24.7. The van der Waals surface area contributed by atoms with E-state index < -0.39 is 11.8 Å². The van der Waals surface area contributed by atoms with E-state index in [0.717, 1.165) is 10.5 Å². The molecule has 118 valence electrons. The highest BCUT2D eigenvalue weighted by molar-refractivity contribution is 6.17. The van der Waals surface area contributed by atoms with Crippen LogP contribution in [0.3, 0.4) is 0 Å². The average Bonchev–Trinajstić information content (AvgIpc) is 2.75. The van der Waals surface area contributed by atoms with Crippen molar-refractivity contribution in [1.82, 2.24) is 4.90 Å². The van der Waals surface area contributed by atoms with E-state index in [4.69, 9.17) is 14.9 Å². The third-order valence-electron chi connectivity index (χ3n) is 3.21. The number of aliphatic hydroxyl groups excluding tert-OH is 2. The number of ether oxygens (including phenoxy) is 1. The molecule has 1 aromatic carbocycles. The summed E-state index contributed by atoms with van der Waals surface area (Å²) in [6.07, 6.45) is 1.65. The molecule has 0 fully saturated rings. The van der Waals surface area contributed by atoms with Crippen LogP contribution in [-0.2, 0) is 16.0 Å². The maximum atomic E-state index is 12.1. The van der Waals surface area contributed by atoms with Gasteiger partial charge in [-0.1, -0.05) is 0 Å². The predicted molar refractivity (Wildman–Crippen MR) is 79.3 cm³/mol. The number of rotatable bonds is 7. The molecule has 1 aliphatic heterocycles. The third kappa shape index (κ3) is 3.44. The van der Waals surface area contributed by atoms with Gasteiger partial charge in [0.25, 0.3) is 11.8 Å². The van der Waals surface area contributed by atoms with Crippen molar-refractivity contribution in [2.75, 3.05) is 32.2 Å². The largest absolute Gasteiger partial charge is 0.497 e. The first kappa shape index (κ1) is 16.0. The van der Waals surface area contributed by atoms with Gasteiger partial charge in [0.05, 0.1) is 20.3 Å². The van der Waals surface area contributed by atoms with Crippen LogP contribution in [0.2, 0.25) is 0 Å². The number of nitrogens with zero attached hydrogens (tertiary/aromatic N) is 1. The van der Waals surface area contributed by atoms with E-state index in [9.17, 15) is 9.59 Å². The van der Waals surface area contributed by atoms with Gasteiger partial charge in [-0.15, -0.1) is 0 Å². The van der Waals surface area contributed by atoms with Crippen LogP contribution >= 0.6 is 0 Å². The van der Waals surface area contributed by atoms with Crippen molar-refractivity contribution >= 4 is 17.5 Å². The van der Waals surface area contributed by atoms with Crippen LogP contribution in [0.5, 0.6) is 5.75 Å². The highest BCUT2D eigenvalue weighted by Crippen LogP contribution is 2.24. The van der Waals surface area contributed by atoms with E-state index in [1.54, 1.807) is 18.2 Å². The number of amides is 2. The SMILES string of the molecule is COc1cc(CCO)cc(NC2=CC(=O)N(CCO)C2=O)c1. The Balaban J connectivity index is 2.20. The second-order valence-electron chi connectivity index (χ2n) is 4.75. The summed E-state index contributed by atoms with van der Waals surface area (Å²) in [6, 6.07) is 5.25. The lowest BCUT2D eigenvalue weighted by Gasteiger charge is -2.14. The lowest BCUT2D eigenvalue weighted by atomic mass is 10.1. The number of benzene rings is 1. The average molecular weight is 306 g/mol. The molecule has 7 heteroatoms. The van der Waals surface area contributed by atoms with Crippen molar-refractivity contribution in [2.45, 2.75) is 6.42 Å². The summed E-state index contributed by atoms with van der Waals surface area (Å²) in [6.45, 7) is -0.317. The third-order valence-corrected chi connectivity index (χ3v) is 3.21. The molecule has 0 radical (unpaired) electrons. The Labute approximate surface area is 127 Å². The van der Waals surface area contributed by atoms with Crippen molar-refractivity contribution in [1.29, 1.82) is 0 Å². The number of hydrogen-bond acceptors (Lipinski definition) is 6. The maximum Gasteiger partial charge on any atom is 0.277 e. The Bertz CT molecular complexity index is 612. The Morgan fingerprint density at radius 1 is 1.18 bits per heavy atom. The highest BCUT2D eigenvalue weighted by atomic mass is 16.5. The van der Waals surface area contributed by atoms with Gasteiger partial charge in [0.15, 0.2) is 0 Å². The first-order valence-corrected chi connectivity index (χ1v) is 6.83. The standard InChI is InChI=1S/C15H18N2O5/c1-22-12-7-10(2-4-18)6-11(8-12)16-13-9-14(20)17(3-5-19)15(13)21/h6-9,16,18-19H,2-5H2,1H3. The molecule has 2 amide bonds. The van der Waals surface area contributed by atoms with Gasteiger partial charge < -0.3 is 20.3 Å². The van der Waals surface area contributed by atoms with Gasteiger partial charge in [-0.05, 0) is 24.1 Å². The van der Waals surface area contributed by atoms with Gasteiger partial charge in [-0.25, -0.2) is 0 Å². The van der Waals surface area contributed by atoms with Crippen LogP contribution in [0.4, 0.5) is 5.69 Å². The minimum atomic E-state index is -0.481. The van der Waals surface area contributed by atoms with Crippen molar-refractivity contribution in [2.24, 2.45) is 0 Å². The maximum absolute atomic E-state index is 12.1. The van der Waals surface area contributed by atoms with E-state index in [1.807, 2.05) is 0 Å². The zero-order chi connectivity index (χ0) is 16.1. The Morgan fingerprint density at radius 3 is 2.59 bits per heavy atom. The van der Waals surface area contributed by atoms with Crippen molar-refractivity contribution in [3.63, 3.8) is 0 Å². The number of anilines is 1. The molecule has 3 N–H and O–H groups in total. The van der Waals surface area contributed by atoms with E-state index in [-0.39, 0.29) is 25.5 Å². The number of carbonyl (C=O) groups excluding carboxylic acids is 2. The molecule has 1 aromatic rings. The zero-order valence-corrected chi connectivity index (χ0v) is 12.2. The van der Waals surface area contributed by atoms with E-state index in [2.05, 4.69) is 5.32 Å². The number of nitrogens with one attached hydrogen (secondary N) is 1. The van der Waals surface area contributed by atoms with Gasteiger partial charge in [0.1, 0.15) is 11.4 Å². The van der Waals surface area contributed by atoms with Crippen molar-refractivity contribution < 1.29 is 24.5 Å². The zero-order valence-electron chi connectivity index (χ0n) is 12.2. The molecule has 7 nitrogen and oxygen atoms in total. The quantitative estimate of drug-likeness (QED) is 0.608. The predicted octanol–water partition coefficient (Wildman–Crippen LogP) is -0.113. The summed E-state index contributed by atoms with van der Waals surface area (Å²) in [5.74, 6) is -0.358. The molecule has 1 heterocycles. The molecule has 0 bridgehead atoms. The normalized spacial score (nSPS) is 14.3. The van der Waals surface area contributed by atoms with Gasteiger partial charge >= 0.3 is 0 Å². The summed E-state index contributed by atoms with van der Waals surface area (Å²) >= 11 is 0. The molecule has 0 saturated heterocycles. The van der Waals surface area contributed by atoms with E-state index in [1.165, 1.54) is 13.2 Å². The molecule has 22 heavy (non-hydrogen) atoms. The summed E-state index contributed by atoms with van der Waals surface area (Å²) in [7, 11) is 1.52. The van der Waals surface area contributed by atoms with Crippen LogP contribution in [0.25, 0.3) is 0 Å². The van der Waals surface area contributed by atoms with Crippen molar-refractivity contribution in [3.8, 4) is 5.75 Å². The van der Waals surface area contributed by atoms with Crippen LogP contribution in [0.15, 0.2) is 30.0 Å². The van der Waals surface area contributed by atoms with Gasteiger partial charge in [0, 0.05) is 24.4 Å². The molecule has 0 aromatic heterocycles.